The number of carbonyl (C=O) groups excluding carboxylic acids is 1. The Kier molecular flexibility index (Phi) is 6.30. The van der Waals surface area contributed by atoms with E-state index in [9.17, 15) is 18.0 Å². The van der Waals surface area contributed by atoms with Crippen molar-refractivity contribution in [1.82, 2.24) is 19.7 Å². The summed E-state index contributed by atoms with van der Waals surface area (Å²) in [6, 6.07) is 3.42. The third-order valence-electron chi connectivity index (χ3n) is 4.53. The SMILES string of the molecule is O=C(CN(CCCCO)C1CC1)Nc1cc(C(F)(F)F)ccc1-n1cncn1. The molecule has 1 amide bonds. The van der Waals surface area contributed by atoms with Gasteiger partial charge >= 0.3 is 6.18 Å². The highest BCUT2D eigenvalue weighted by atomic mass is 19.4. The normalized spacial score (nSPS) is 14.5. The maximum Gasteiger partial charge on any atom is 0.416 e. The molecule has 2 aromatic rings. The molecule has 1 aromatic heterocycles. The minimum absolute atomic E-state index is 0.0245. The number of nitrogens with zero attached hydrogens (tertiary/aromatic N) is 4. The third kappa shape index (κ3) is 5.29. The smallest absolute Gasteiger partial charge is 0.396 e. The van der Waals surface area contributed by atoms with E-state index < -0.39 is 17.6 Å². The topological polar surface area (TPSA) is 83.3 Å². The second-order valence-electron chi connectivity index (χ2n) is 6.75. The first-order valence-corrected chi connectivity index (χ1v) is 9.09. The minimum Gasteiger partial charge on any atom is -0.396 e. The molecular weight excluding hydrogens is 375 g/mol. The summed E-state index contributed by atoms with van der Waals surface area (Å²) < 4.78 is 40.6. The molecule has 1 aliphatic rings. The standard InChI is InChI=1S/C18H22F3N5O2/c19-18(20,21)13-3-6-16(26-12-22-11-23-26)15(9-13)24-17(28)10-25(14-4-5-14)7-1-2-8-27/h3,6,9,11-12,14,27H,1-2,4-5,7-8,10H2,(H,24,28). The Labute approximate surface area is 160 Å². The predicted molar refractivity (Wildman–Crippen MR) is 95.9 cm³/mol. The van der Waals surface area contributed by atoms with Crippen LogP contribution in [0, 0.1) is 0 Å². The number of aliphatic hydroxyl groups is 1. The van der Waals surface area contributed by atoms with E-state index in [0.717, 1.165) is 31.4 Å². The van der Waals surface area contributed by atoms with Crippen LogP contribution in [-0.2, 0) is 11.0 Å². The molecular formula is C18H22F3N5O2. The molecule has 0 bridgehead atoms. The van der Waals surface area contributed by atoms with Crippen LogP contribution in [0.4, 0.5) is 18.9 Å². The zero-order chi connectivity index (χ0) is 20.1. The average Bonchev–Trinajstić information content (AvgIpc) is 3.35. The number of carbonyl (C=O) groups is 1. The quantitative estimate of drug-likeness (QED) is 0.635. The van der Waals surface area contributed by atoms with E-state index >= 15 is 0 Å². The second-order valence-corrected chi connectivity index (χ2v) is 6.75. The van der Waals surface area contributed by atoms with Gasteiger partial charge in [0.1, 0.15) is 12.7 Å². The fraction of sp³-hybridized carbons (Fsp3) is 0.500. The molecule has 3 rings (SSSR count). The molecule has 1 heterocycles. The first-order valence-electron chi connectivity index (χ1n) is 9.09. The number of benzene rings is 1. The molecule has 0 radical (unpaired) electrons. The number of halogens is 3. The van der Waals surface area contributed by atoms with Gasteiger partial charge in [0.15, 0.2) is 0 Å². The van der Waals surface area contributed by atoms with Crippen LogP contribution in [0.1, 0.15) is 31.2 Å². The molecule has 28 heavy (non-hydrogen) atoms. The maximum atomic E-state index is 13.1. The molecule has 1 aliphatic carbocycles. The fourth-order valence-corrected chi connectivity index (χ4v) is 2.98. The highest BCUT2D eigenvalue weighted by molar-refractivity contribution is 5.94. The maximum absolute atomic E-state index is 13.1. The second kappa shape index (κ2) is 8.70. The molecule has 1 aromatic carbocycles. The van der Waals surface area contributed by atoms with Crippen LogP contribution >= 0.6 is 0 Å². The molecule has 1 fully saturated rings. The lowest BCUT2D eigenvalue weighted by atomic mass is 10.1. The van der Waals surface area contributed by atoms with Crippen molar-refractivity contribution >= 4 is 11.6 Å². The van der Waals surface area contributed by atoms with Gasteiger partial charge in [-0.3, -0.25) is 9.69 Å². The van der Waals surface area contributed by atoms with E-state index in [4.69, 9.17) is 5.11 Å². The van der Waals surface area contributed by atoms with Crippen molar-refractivity contribution in [1.29, 1.82) is 0 Å². The van der Waals surface area contributed by atoms with E-state index in [0.29, 0.717) is 24.7 Å². The summed E-state index contributed by atoms with van der Waals surface area (Å²) in [7, 11) is 0. The zero-order valence-corrected chi connectivity index (χ0v) is 15.2. The molecule has 152 valence electrons. The average molecular weight is 397 g/mol. The molecule has 1 saturated carbocycles. The lowest BCUT2D eigenvalue weighted by Gasteiger charge is -2.22. The number of nitrogens with one attached hydrogen (secondary N) is 1. The van der Waals surface area contributed by atoms with Crippen molar-refractivity contribution < 1.29 is 23.1 Å². The predicted octanol–water partition coefficient (Wildman–Crippen LogP) is 2.46. The Balaban J connectivity index is 1.76. The first kappa shape index (κ1) is 20.3. The summed E-state index contributed by atoms with van der Waals surface area (Å²) in [5, 5.41) is 15.5. The molecule has 10 heteroatoms. The van der Waals surface area contributed by atoms with E-state index in [-0.39, 0.29) is 18.8 Å². The summed E-state index contributed by atoms with van der Waals surface area (Å²) >= 11 is 0. The van der Waals surface area contributed by atoms with Gasteiger partial charge < -0.3 is 10.4 Å². The van der Waals surface area contributed by atoms with Crippen LogP contribution in [-0.4, -0.2) is 56.4 Å². The Hall–Kier alpha value is -2.46. The molecule has 0 atom stereocenters. The lowest BCUT2D eigenvalue weighted by Crippen LogP contribution is -2.36. The van der Waals surface area contributed by atoms with Crippen LogP contribution in [0.15, 0.2) is 30.9 Å². The highest BCUT2D eigenvalue weighted by Gasteiger charge is 2.32. The van der Waals surface area contributed by atoms with Gasteiger partial charge in [0.05, 0.1) is 23.5 Å². The number of aromatic nitrogens is 3. The van der Waals surface area contributed by atoms with Crippen molar-refractivity contribution in [2.24, 2.45) is 0 Å². The van der Waals surface area contributed by atoms with E-state index in [1.165, 1.54) is 23.4 Å². The van der Waals surface area contributed by atoms with Gasteiger partial charge in [-0.2, -0.15) is 18.3 Å². The molecule has 0 saturated heterocycles. The number of alkyl halides is 3. The Morgan fingerprint density at radius 3 is 2.71 bits per heavy atom. The summed E-state index contributed by atoms with van der Waals surface area (Å²) in [5.74, 6) is -0.392. The summed E-state index contributed by atoms with van der Waals surface area (Å²) in [5.41, 5.74) is -0.526. The summed E-state index contributed by atoms with van der Waals surface area (Å²) in [4.78, 5) is 18.3. The van der Waals surface area contributed by atoms with Gasteiger partial charge in [-0.05, 0) is 50.4 Å². The lowest BCUT2D eigenvalue weighted by molar-refractivity contribution is -0.137. The number of hydrogen-bond donors (Lipinski definition) is 2. The van der Waals surface area contributed by atoms with Crippen LogP contribution in [0.5, 0.6) is 0 Å². The van der Waals surface area contributed by atoms with Crippen molar-refractivity contribution in [3.05, 3.63) is 36.4 Å². The Morgan fingerprint density at radius 2 is 2.11 bits per heavy atom. The number of amides is 1. The number of anilines is 1. The van der Waals surface area contributed by atoms with Crippen LogP contribution in [0.3, 0.4) is 0 Å². The molecule has 0 spiro atoms. The number of aliphatic hydroxyl groups excluding tert-OH is 1. The van der Waals surface area contributed by atoms with Gasteiger partial charge in [-0.25, -0.2) is 9.67 Å². The number of unbranched alkanes of at least 4 members (excludes halogenated alkanes) is 1. The highest BCUT2D eigenvalue weighted by Crippen LogP contribution is 2.33. The van der Waals surface area contributed by atoms with Crippen molar-refractivity contribution in [2.75, 3.05) is 25.0 Å². The van der Waals surface area contributed by atoms with E-state index in [1.54, 1.807) is 0 Å². The number of hydrogen-bond acceptors (Lipinski definition) is 5. The van der Waals surface area contributed by atoms with Crippen LogP contribution in [0.2, 0.25) is 0 Å². The number of rotatable bonds is 9. The van der Waals surface area contributed by atoms with Gasteiger partial charge in [-0.15, -0.1) is 0 Å². The molecule has 0 aliphatic heterocycles. The van der Waals surface area contributed by atoms with Gasteiger partial charge in [0, 0.05) is 12.6 Å². The largest absolute Gasteiger partial charge is 0.416 e. The van der Waals surface area contributed by atoms with Gasteiger partial charge in [0.2, 0.25) is 5.91 Å². The van der Waals surface area contributed by atoms with Crippen molar-refractivity contribution in [2.45, 2.75) is 37.9 Å². The van der Waals surface area contributed by atoms with Crippen LogP contribution in [0.25, 0.3) is 5.69 Å². The first-order chi connectivity index (χ1) is 13.4. The molecule has 7 nitrogen and oxygen atoms in total. The monoisotopic (exact) mass is 397 g/mol. The summed E-state index contributed by atoms with van der Waals surface area (Å²) in [6.45, 7) is 0.844. The third-order valence-corrected chi connectivity index (χ3v) is 4.53. The Morgan fingerprint density at radius 1 is 1.32 bits per heavy atom. The molecule has 0 unspecified atom stereocenters. The Bertz CT molecular complexity index is 791. The van der Waals surface area contributed by atoms with Gasteiger partial charge in [0.25, 0.3) is 0 Å². The van der Waals surface area contributed by atoms with E-state index in [1.807, 2.05) is 4.90 Å². The van der Waals surface area contributed by atoms with E-state index in [2.05, 4.69) is 15.4 Å². The fourth-order valence-electron chi connectivity index (χ4n) is 2.98. The van der Waals surface area contributed by atoms with Gasteiger partial charge in [-0.1, -0.05) is 0 Å². The van der Waals surface area contributed by atoms with Crippen LogP contribution < -0.4 is 5.32 Å². The zero-order valence-electron chi connectivity index (χ0n) is 15.2. The summed E-state index contributed by atoms with van der Waals surface area (Å²) in [6.07, 6.45) is 1.50. The molecule has 2 N–H and O–H groups in total. The van der Waals surface area contributed by atoms with Crippen molar-refractivity contribution in [3.63, 3.8) is 0 Å². The van der Waals surface area contributed by atoms with Crippen molar-refractivity contribution in [3.8, 4) is 5.69 Å². The minimum atomic E-state index is -4.52.